The number of rotatable bonds is 8. The van der Waals surface area contributed by atoms with Crippen LogP contribution in [0.2, 0.25) is 0 Å². The zero-order chi connectivity index (χ0) is 20.9. The molecule has 0 fully saturated rings. The Labute approximate surface area is 171 Å². The van der Waals surface area contributed by atoms with Crippen LogP contribution in [0.25, 0.3) is 11.0 Å². The van der Waals surface area contributed by atoms with Crippen LogP contribution in [-0.4, -0.2) is 35.7 Å². The average Bonchev–Trinajstić information content (AvgIpc) is 3.05. The molecule has 0 aliphatic heterocycles. The molecule has 0 radical (unpaired) electrons. The average molecular weight is 396 g/mol. The van der Waals surface area contributed by atoms with Crippen LogP contribution in [0.3, 0.4) is 0 Å². The summed E-state index contributed by atoms with van der Waals surface area (Å²) in [5.41, 5.74) is 1.63. The number of imidazole rings is 1. The number of ether oxygens (including phenoxy) is 2. The Morgan fingerprint density at radius 2 is 1.76 bits per heavy atom. The molecule has 0 spiro atoms. The maximum Gasteiger partial charge on any atom is 0.225 e. The van der Waals surface area contributed by atoms with Crippen LogP contribution in [0, 0.1) is 5.41 Å². The van der Waals surface area contributed by atoms with E-state index in [0.29, 0.717) is 26.1 Å². The van der Waals surface area contributed by atoms with Crippen LogP contribution in [-0.2, 0) is 17.8 Å². The lowest BCUT2D eigenvalue weighted by molar-refractivity contribution is -0.128. The summed E-state index contributed by atoms with van der Waals surface area (Å²) in [6, 6.07) is 15.6. The van der Waals surface area contributed by atoms with Crippen molar-refractivity contribution in [2.45, 2.75) is 33.7 Å². The van der Waals surface area contributed by atoms with Crippen LogP contribution in [0.15, 0.2) is 48.5 Å². The summed E-state index contributed by atoms with van der Waals surface area (Å²) in [6.45, 7) is 7.48. The van der Waals surface area contributed by atoms with Crippen LogP contribution < -0.4 is 14.8 Å². The third-order valence-corrected chi connectivity index (χ3v) is 4.69. The van der Waals surface area contributed by atoms with Gasteiger partial charge in [-0.3, -0.25) is 4.79 Å². The fraction of sp³-hybridized carbons (Fsp3) is 0.391. The highest BCUT2D eigenvalue weighted by Gasteiger charge is 2.20. The van der Waals surface area contributed by atoms with Crippen LogP contribution >= 0.6 is 0 Å². The highest BCUT2D eigenvalue weighted by atomic mass is 16.5. The zero-order valence-electron chi connectivity index (χ0n) is 17.6. The van der Waals surface area contributed by atoms with Crippen molar-refractivity contribution < 1.29 is 14.3 Å². The molecule has 6 heteroatoms. The Morgan fingerprint density at radius 1 is 1.07 bits per heavy atom. The second kappa shape index (κ2) is 8.99. The second-order valence-electron chi connectivity index (χ2n) is 7.95. The van der Waals surface area contributed by atoms with Crippen molar-refractivity contribution in [1.82, 2.24) is 14.9 Å². The Balaban J connectivity index is 1.66. The third kappa shape index (κ3) is 5.28. The molecule has 154 valence electrons. The number of aromatic nitrogens is 2. The predicted octanol–water partition coefficient (Wildman–Crippen LogP) is 3.83. The van der Waals surface area contributed by atoms with Gasteiger partial charge in [-0.1, -0.05) is 32.9 Å². The van der Waals surface area contributed by atoms with Gasteiger partial charge in [-0.25, -0.2) is 4.98 Å². The van der Waals surface area contributed by atoms with Gasteiger partial charge in [0.1, 0.15) is 23.9 Å². The maximum absolute atomic E-state index is 12.1. The van der Waals surface area contributed by atoms with E-state index in [-0.39, 0.29) is 5.91 Å². The number of hydrogen-bond acceptors (Lipinski definition) is 4. The molecule has 3 aromatic rings. The van der Waals surface area contributed by atoms with E-state index in [1.165, 1.54) is 0 Å². The molecule has 6 nitrogen and oxygen atoms in total. The molecule has 1 aromatic heterocycles. The van der Waals surface area contributed by atoms with Crippen molar-refractivity contribution in [3.63, 3.8) is 0 Å². The minimum Gasteiger partial charge on any atom is -0.497 e. The molecule has 1 N–H and O–H groups in total. The minimum atomic E-state index is -0.396. The van der Waals surface area contributed by atoms with Crippen molar-refractivity contribution in [3.05, 3.63) is 54.4 Å². The van der Waals surface area contributed by atoms with E-state index in [0.717, 1.165) is 28.4 Å². The molecule has 0 saturated heterocycles. The Kier molecular flexibility index (Phi) is 6.42. The zero-order valence-corrected chi connectivity index (χ0v) is 17.6. The lowest BCUT2D eigenvalue weighted by Crippen LogP contribution is -2.36. The minimum absolute atomic E-state index is 0.0444. The van der Waals surface area contributed by atoms with E-state index in [4.69, 9.17) is 14.5 Å². The molecule has 0 aliphatic rings. The first-order valence-corrected chi connectivity index (χ1v) is 9.88. The number of hydrogen-bond donors (Lipinski definition) is 1. The maximum atomic E-state index is 12.1. The van der Waals surface area contributed by atoms with Gasteiger partial charge in [0.15, 0.2) is 0 Å². The topological polar surface area (TPSA) is 65.4 Å². The number of benzene rings is 2. The number of para-hydroxylation sites is 2. The first kappa shape index (κ1) is 20.7. The van der Waals surface area contributed by atoms with Gasteiger partial charge in [-0.05, 0) is 36.4 Å². The molecule has 0 saturated carbocycles. The number of methoxy groups -OCH3 is 1. The fourth-order valence-corrected chi connectivity index (χ4v) is 3.05. The van der Waals surface area contributed by atoms with Gasteiger partial charge in [0.05, 0.1) is 24.7 Å². The Hall–Kier alpha value is -3.02. The molecule has 1 amide bonds. The van der Waals surface area contributed by atoms with Gasteiger partial charge < -0.3 is 19.4 Å². The lowest BCUT2D eigenvalue weighted by Gasteiger charge is -2.17. The molecular weight excluding hydrogens is 366 g/mol. The van der Waals surface area contributed by atoms with E-state index in [1.807, 2.05) is 63.2 Å². The normalized spacial score (nSPS) is 11.4. The van der Waals surface area contributed by atoms with E-state index in [1.54, 1.807) is 7.11 Å². The second-order valence-corrected chi connectivity index (χ2v) is 7.95. The van der Waals surface area contributed by atoms with Crippen molar-refractivity contribution in [1.29, 1.82) is 0 Å². The number of nitrogens with zero attached hydrogens (tertiary/aromatic N) is 2. The number of amides is 1. The van der Waals surface area contributed by atoms with Crippen LogP contribution in [0.5, 0.6) is 11.5 Å². The summed E-state index contributed by atoms with van der Waals surface area (Å²) >= 11 is 0. The van der Waals surface area contributed by atoms with Crippen molar-refractivity contribution in [2.24, 2.45) is 5.41 Å². The molecule has 1 heterocycles. The van der Waals surface area contributed by atoms with Gasteiger partial charge >= 0.3 is 0 Å². The van der Waals surface area contributed by atoms with Gasteiger partial charge in [0.25, 0.3) is 0 Å². The fourth-order valence-electron chi connectivity index (χ4n) is 3.05. The third-order valence-electron chi connectivity index (χ3n) is 4.69. The molecule has 2 aromatic carbocycles. The number of nitrogens with one attached hydrogen (secondary N) is 1. The molecule has 0 unspecified atom stereocenters. The smallest absolute Gasteiger partial charge is 0.225 e. The molecule has 3 rings (SSSR count). The van der Waals surface area contributed by atoms with Gasteiger partial charge in [-0.15, -0.1) is 0 Å². The van der Waals surface area contributed by atoms with Crippen molar-refractivity contribution in [3.8, 4) is 11.5 Å². The molecular formula is C23H29N3O3. The number of carbonyl (C=O) groups excluding carboxylic acids is 1. The predicted molar refractivity (Wildman–Crippen MR) is 114 cm³/mol. The standard InChI is InChI=1S/C23H29N3O3/c1-23(2,3)22(27)24-14-13-21-25-19-7-5-6-8-20(19)26(21)15-16-29-18-11-9-17(28-4)10-12-18/h5-12H,13-16H2,1-4H3,(H,24,27). The molecule has 29 heavy (non-hydrogen) atoms. The number of carbonyl (C=O) groups is 1. The van der Waals surface area contributed by atoms with Crippen LogP contribution in [0.4, 0.5) is 0 Å². The van der Waals surface area contributed by atoms with E-state index >= 15 is 0 Å². The van der Waals surface area contributed by atoms with Crippen LogP contribution in [0.1, 0.15) is 26.6 Å². The number of fused-ring (bicyclic) bond motifs is 1. The first-order valence-electron chi connectivity index (χ1n) is 9.88. The van der Waals surface area contributed by atoms with Gasteiger partial charge in [-0.2, -0.15) is 0 Å². The molecule has 0 bridgehead atoms. The highest BCUT2D eigenvalue weighted by molar-refractivity contribution is 5.81. The van der Waals surface area contributed by atoms with E-state index < -0.39 is 5.41 Å². The highest BCUT2D eigenvalue weighted by Crippen LogP contribution is 2.19. The summed E-state index contributed by atoms with van der Waals surface area (Å²) in [7, 11) is 1.64. The largest absolute Gasteiger partial charge is 0.497 e. The Bertz CT molecular complexity index is 956. The quantitative estimate of drug-likeness (QED) is 0.630. The molecule has 0 aliphatic carbocycles. The van der Waals surface area contributed by atoms with E-state index in [9.17, 15) is 4.79 Å². The summed E-state index contributed by atoms with van der Waals surface area (Å²) in [5.74, 6) is 2.59. The first-order chi connectivity index (χ1) is 13.9. The van der Waals surface area contributed by atoms with Gasteiger partial charge in [0.2, 0.25) is 5.91 Å². The summed E-state index contributed by atoms with van der Waals surface area (Å²) in [4.78, 5) is 16.9. The monoisotopic (exact) mass is 395 g/mol. The lowest BCUT2D eigenvalue weighted by atomic mass is 9.96. The van der Waals surface area contributed by atoms with Gasteiger partial charge in [0, 0.05) is 18.4 Å². The van der Waals surface area contributed by atoms with Crippen molar-refractivity contribution >= 4 is 16.9 Å². The Morgan fingerprint density at radius 3 is 2.45 bits per heavy atom. The molecule has 0 atom stereocenters. The van der Waals surface area contributed by atoms with E-state index in [2.05, 4.69) is 16.0 Å². The SMILES string of the molecule is COc1ccc(OCCn2c(CCNC(=O)C(C)(C)C)nc3ccccc32)cc1. The summed E-state index contributed by atoms with van der Waals surface area (Å²) in [6.07, 6.45) is 0.666. The van der Waals surface area contributed by atoms with Crippen molar-refractivity contribution in [2.75, 3.05) is 20.3 Å². The summed E-state index contributed by atoms with van der Waals surface area (Å²) < 4.78 is 13.2. The summed E-state index contributed by atoms with van der Waals surface area (Å²) in [5, 5.41) is 3.00.